The first-order valence-corrected chi connectivity index (χ1v) is 12.8. The summed E-state index contributed by atoms with van der Waals surface area (Å²) in [5.74, 6) is 0. The lowest BCUT2D eigenvalue weighted by atomic mass is 10.0. The summed E-state index contributed by atoms with van der Waals surface area (Å²) >= 11 is 0. The summed E-state index contributed by atoms with van der Waals surface area (Å²) in [5.41, 5.74) is 24.4. The molecule has 1 aliphatic rings. The second-order valence-corrected chi connectivity index (χ2v) is 10.0. The molecule has 0 bridgehead atoms. The third kappa shape index (κ3) is 3.36. The van der Waals surface area contributed by atoms with Crippen LogP contribution in [0.5, 0.6) is 0 Å². The van der Waals surface area contributed by atoms with Crippen LogP contribution in [0.4, 0.5) is 28.4 Å². The molecule has 0 amide bonds. The molecule has 1 unspecified atom stereocenters. The average molecular weight is 497 g/mol. The summed E-state index contributed by atoms with van der Waals surface area (Å²) in [4.78, 5) is 4.32. The van der Waals surface area contributed by atoms with E-state index in [-0.39, 0.29) is 0 Å². The molecule has 0 fully saturated rings. The number of nitrogens with zero attached hydrogens (tertiary/aromatic N) is 2. The summed E-state index contributed by atoms with van der Waals surface area (Å²) < 4.78 is 6.36. The normalized spacial score (nSPS) is 15.0. The zero-order valence-electron chi connectivity index (χ0n) is 21.3. The Bertz CT molecular complexity index is 1830. The fourth-order valence-electron chi connectivity index (χ4n) is 5.82. The second-order valence-electron chi connectivity index (χ2n) is 10.0. The Morgan fingerprint density at radius 3 is 2.21 bits per heavy atom. The van der Waals surface area contributed by atoms with E-state index in [1.54, 1.807) is 0 Å². The molecule has 4 N–H and O–H groups in total. The van der Waals surface area contributed by atoms with Gasteiger partial charge in [0.2, 0.25) is 0 Å². The minimum Gasteiger partial charge on any atom is -0.455 e. The number of nitrogen functional groups attached to an aromatic ring is 1. The molecule has 5 nitrogen and oxygen atoms in total. The van der Waals surface area contributed by atoms with Gasteiger partial charge in [0.15, 0.2) is 6.29 Å². The lowest BCUT2D eigenvalue weighted by Gasteiger charge is -2.30. The van der Waals surface area contributed by atoms with E-state index < -0.39 is 6.29 Å². The van der Waals surface area contributed by atoms with Gasteiger partial charge >= 0.3 is 0 Å². The zero-order chi connectivity index (χ0) is 26.0. The summed E-state index contributed by atoms with van der Waals surface area (Å²) in [6.07, 6.45) is -0.465. The van der Waals surface area contributed by atoms with Gasteiger partial charge in [-0.1, -0.05) is 60.7 Å². The van der Waals surface area contributed by atoms with E-state index in [1.165, 1.54) is 11.1 Å². The van der Waals surface area contributed by atoms with Gasteiger partial charge in [0, 0.05) is 22.0 Å². The molecular formula is C33H28N4O. The van der Waals surface area contributed by atoms with Crippen molar-refractivity contribution in [3.05, 3.63) is 114 Å². The van der Waals surface area contributed by atoms with Crippen LogP contribution in [0.3, 0.4) is 0 Å². The van der Waals surface area contributed by atoms with Gasteiger partial charge in [-0.25, -0.2) is 0 Å². The molecule has 2 heterocycles. The summed E-state index contributed by atoms with van der Waals surface area (Å²) in [5, 5.41) is 2.23. The number of para-hydroxylation sites is 4. The Labute approximate surface area is 221 Å². The van der Waals surface area contributed by atoms with Gasteiger partial charge in [-0.05, 0) is 73.0 Å². The number of rotatable bonds is 3. The molecule has 0 aliphatic carbocycles. The van der Waals surface area contributed by atoms with Crippen molar-refractivity contribution >= 4 is 50.4 Å². The molecule has 0 radical (unpaired) electrons. The topological polar surface area (TPSA) is 71.7 Å². The molecule has 7 rings (SSSR count). The van der Waals surface area contributed by atoms with Crippen molar-refractivity contribution in [2.45, 2.75) is 20.1 Å². The number of hydrogen-bond acceptors (Lipinski definition) is 5. The lowest BCUT2D eigenvalue weighted by Crippen LogP contribution is -2.45. The van der Waals surface area contributed by atoms with Gasteiger partial charge in [0.1, 0.15) is 11.2 Å². The fraction of sp³-hybridized carbons (Fsp3) is 0.0909. The first-order valence-electron chi connectivity index (χ1n) is 12.8. The van der Waals surface area contributed by atoms with E-state index in [9.17, 15) is 0 Å². The molecular weight excluding hydrogens is 468 g/mol. The summed E-state index contributed by atoms with van der Waals surface area (Å²) in [6.45, 7) is 4.23. The minimum absolute atomic E-state index is 0.465. The molecule has 186 valence electrons. The van der Waals surface area contributed by atoms with Crippen molar-refractivity contribution in [1.29, 1.82) is 0 Å². The summed E-state index contributed by atoms with van der Waals surface area (Å²) in [7, 11) is 0. The highest BCUT2D eigenvalue weighted by Crippen LogP contribution is 2.49. The van der Waals surface area contributed by atoms with Crippen LogP contribution in [0.2, 0.25) is 0 Å². The fourth-order valence-corrected chi connectivity index (χ4v) is 5.82. The number of fused-ring (bicyclic) bond motifs is 4. The standard InChI is InChI=1S/C33H28N4O/c1-20-16-21(2)18-23(17-20)36-29-15-14-22(19-30(29)37(33(36)35)28-12-5-4-11-27(28)34)24-9-7-10-26-25-8-3-6-13-31(25)38-32(24)26/h3-19,33H,34-35H2,1-2H3. The van der Waals surface area contributed by atoms with E-state index in [1.807, 2.05) is 42.5 Å². The van der Waals surface area contributed by atoms with E-state index in [2.05, 4.69) is 84.3 Å². The molecule has 0 saturated carbocycles. The Morgan fingerprint density at radius 2 is 1.39 bits per heavy atom. The molecule has 5 aromatic carbocycles. The maximum absolute atomic E-state index is 7.01. The highest BCUT2D eigenvalue weighted by molar-refractivity contribution is 6.10. The van der Waals surface area contributed by atoms with E-state index in [0.717, 1.165) is 55.8 Å². The van der Waals surface area contributed by atoms with Gasteiger partial charge in [-0.3, -0.25) is 5.73 Å². The highest BCUT2D eigenvalue weighted by atomic mass is 16.3. The van der Waals surface area contributed by atoms with E-state index >= 15 is 0 Å². The first kappa shape index (κ1) is 22.5. The maximum Gasteiger partial charge on any atom is 0.164 e. The smallest absolute Gasteiger partial charge is 0.164 e. The first-order chi connectivity index (χ1) is 18.5. The number of anilines is 5. The predicted octanol–water partition coefficient (Wildman–Crippen LogP) is 7.98. The zero-order valence-corrected chi connectivity index (χ0v) is 21.3. The minimum atomic E-state index is -0.465. The Hall–Kier alpha value is -4.74. The quantitative estimate of drug-likeness (QED) is 0.243. The number of nitrogens with two attached hydrogens (primary N) is 2. The molecule has 1 aliphatic heterocycles. The second kappa shape index (κ2) is 8.40. The van der Waals surface area contributed by atoms with Gasteiger partial charge in [0.05, 0.1) is 22.7 Å². The van der Waals surface area contributed by atoms with Crippen molar-refractivity contribution in [1.82, 2.24) is 0 Å². The SMILES string of the molecule is Cc1cc(C)cc(N2c3ccc(-c4cccc5c4oc4ccccc45)cc3N(c3ccccc3N)C2N)c1. The van der Waals surface area contributed by atoms with Crippen LogP contribution < -0.4 is 21.3 Å². The average Bonchev–Trinajstić information content (AvgIpc) is 3.42. The number of hydrogen-bond donors (Lipinski definition) is 2. The molecule has 1 atom stereocenters. The third-order valence-corrected chi connectivity index (χ3v) is 7.42. The van der Waals surface area contributed by atoms with Crippen LogP contribution in [0.25, 0.3) is 33.1 Å². The van der Waals surface area contributed by atoms with Crippen LogP contribution in [-0.4, -0.2) is 6.29 Å². The summed E-state index contributed by atoms with van der Waals surface area (Å²) in [6, 6.07) is 35.4. The van der Waals surface area contributed by atoms with Crippen molar-refractivity contribution in [2.75, 3.05) is 15.5 Å². The Balaban J connectivity index is 1.45. The van der Waals surface area contributed by atoms with Crippen molar-refractivity contribution in [3.8, 4) is 11.1 Å². The molecule has 38 heavy (non-hydrogen) atoms. The van der Waals surface area contributed by atoms with Crippen LogP contribution in [-0.2, 0) is 0 Å². The van der Waals surface area contributed by atoms with Gasteiger partial charge in [0.25, 0.3) is 0 Å². The maximum atomic E-state index is 7.01. The van der Waals surface area contributed by atoms with Gasteiger partial charge in [-0.2, -0.15) is 0 Å². The number of furan rings is 1. The lowest BCUT2D eigenvalue weighted by molar-refractivity contribution is 0.670. The van der Waals surface area contributed by atoms with Gasteiger partial charge < -0.3 is 20.0 Å². The highest BCUT2D eigenvalue weighted by Gasteiger charge is 2.36. The molecule has 5 heteroatoms. The van der Waals surface area contributed by atoms with Gasteiger partial charge in [-0.15, -0.1) is 0 Å². The Kier molecular flexibility index (Phi) is 4.96. The predicted molar refractivity (Wildman–Crippen MR) is 158 cm³/mol. The Morgan fingerprint density at radius 1 is 0.658 bits per heavy atom. The number of aryl methyl sites for hydroxylation is 2. The van der Waals surface area contributed by atoms with Crippen LogP contribution in [0.1, 0.15) is 11.1 Å². The molecule has 6 aromatic rings. The molecule has 0 spiro atoms. The molecule has 1 aromatic heterocycles. The van der Waals surface area contributed by atoms with Crippen molar-refractivity contribution in [2.24, 2.45) is 5.73 Å². The van der Waals surface area contributed by atoms with Crippen LogP contribution >= 0.6 is 0 Å². The van der Waals surface area contributed by atoms with E-state index in [0.29, 0.717) is 5.69 Å². The largest absolute Gasteiger partial charge is 0.455 e. The number of benzene rings is 5. The van der Waals surface area contributed by atoms with Crippen LogP contribution in [0, 0.1) is 13.8 Å². The van der Waals surface area contributed by atoms with Crippen LogP contribution in [0.15, 0.2) is 108 Å². The van der Waals surface area contributed by atoms with Crippen molar-refractivity contribution < 1.29 is 4.42 Å². The van der Waals surface area contributed by atoms with Crippen molar-refractivity contribution in [3.63, 3.8) is 0 Å². The van der Waals surface area contributed by atoms with E-state index in [4.69, 9.17) is 15.9 Å². The monoisotopic (exact) mass is 496 g/mol. The molecule has 0 saturated heterocycles. The third-order valence-electron chi connectivity index (χ3n) is 7.42.